The van der Waals surface area contributed by atoms with Crippen molar-refractivity contribution in [2.45, 2.75) is 32.0 Å². The van der Waals surface area contributed by atoms with E-state index in [0.717, 1.165) is 30.5 Å². The molecule has 1 saturated heterocycles. The van der Waals surface area contributed by atoms with Crippen LogP contribution >= 0.6 is 23.2 Å². The normalized spacial score (nSPS) is 19.6. The van der Waals surface area contributed by atoms with Gasteiger partial charge in [-0.1, -0.05) is 71.7 Å². The molecule has 2 amide bonds. The van der Waals surface area contributed by atoms with Crippen molar-refractivity contribution in [3.05, 3.63) is 94.0 Å². The van der Waals surface area contributed by atoms with E-state index in [1.165, 1.54) is 0 Å². The number of carbonyl (C=O) groups excluding carboxylic acids is 2. The minimum absolute atomic E-state index is 0.00608. The van der Waals surface area contributed by atoms with Gasteiger partial charge in [-0.05, 0) is 49.2 Å². The summed E-state index contributed by atoms with van der Waals surface area (Å²) in [5.41, 5.74) is 2.58. The summed E-state index contributed by atoms with van der Waals surface area (Å²) in [5.74, 6) is 0.105. The van der Waals surface area contributed by atoms with Gasteiger partial charge in [-0.3, -0.25) is 14.5 Å². The van der Waals surface area contributed by atoms with Crippen molar-refractivity contribution in [1.29, 1.82) is 0 Å². The molecule has 3 aromatic rings. The molecular weight excluding hydrogens is 509 g/mol. The zero-order valence-electron chi connectivity index (χ0n) is 20.4. The molecule has 2 aliphatic heterocycles. The minimum Gasteiger partial charge on any atom is -0.477 e. The topological polar surface area (TPSA) is 61.9 Å². The number of rotatable bonds is 6. The fraction of sp³-hybridized carbons (Fsp3) is 0.310. The molecule has 37 heavy (non-hydrogen) atoms. The second-order valence-electron chi connectivity index (χ2n) is 9.50. The lowest BCUT2D eigenvalue weighted by Crippen LogP contribution is -2.53. The summed E-state index contributed by atoms with van der Waals surface area (Å²) in [6.07, 6.45) is 0.894. The van der Waals surface area contributed by atoms with E-state index in [1.807, 2.05) is 66.7 Å². The zero-order chi connectivity index (χ0) is 25.8. The molecule has 3 aromatic carbocycles. The van der Waals surface area contributed by atoms with Gasteiger partial charge < -0.3 is 15.0 Å². The molecule has 0 aliphatic carbocycles. The van der Waals surface area contributed by atoms with Crippen LogP contribution in [0.4, 0.5) is 5.69 Å². The van der Waals surface area contributed by atoms with Gasteiger partial charge in [0.25, 0.3) is 5.91 Å². The molecule has 2 atom stereocenters. The molecule has 1 fully saturated rings. The Labute approximate surface area is 227 Å². The summed E-state index contributed by atoms with van der Waals surface area (Å²) in [6, 6.07) is 22.6. The molecule has 5 rings (SSSR count). The summed E-state index contributed by atoms with van der Waals surface area (Å²) >= 11 is 12.8. The van der Waals surface area contributed by atoms with Gasteiger partial charge in [0.05, 0.1) is 18.2 Å². The lowest BCUT2D eigenvalue weighted by molar-refractivity contribution is -0.129. The number of hydrogen-bond donors (Lipinski definition) is 1. The Morgan fingerprint density at radius 3 is 2.43 bits per heavy atom. The molecule has 0 saturated carbocycles. The van der Waals surface area contributed by atoms with Crippen LogP contribution < -0.4 is 15.0 Å². The number of hydrogen-bond acceptors (Lipinski definition) is 4. The van der Waals surface area contributed by atoms with Crippen LogP contribution in [0.3, 0.4) is 0 Å². The third-order valence-corrected chi connectivity index (χ3v) is 7.65. The van der Waals surface area contributed by atoms with Gasteiger partial charge in [0, 0.05) is 35.2 Å². The van der Waals surface area contributed by atoms with Gasteiger partial charge in [0.1, 0.15) is 5.75 Å². The van der Waals surface area contributed by atoms with Crippen molar-refractivity contribution in [2.75, 3.05) is 24.5 Å². The largest absolute Gasteiger partial charge is 0.477 e. The average Bonchev–Trinajstić information content (AvgIpc) is 2.93. The second kappa shape index (κ2) is 11.5. The third kappa shape index (κ3) is 5.93. The quantitative estimate of drug-likeness (QED) is 0.462. The number of piperidine rings is 1. The maximum atomic E-state index is 13.9. The summed E-state index contributed by atoms with van der Waals surface area (Å²) in [4.78, 5) is 30.8. The van der Waals surface area contributed by atoms with E-state index in [0.29, 0.717) is 41.1 Å². The lowest BCUT2D eigenvalue weighted by Gasteiger charge is -2.38. The van der Waals surface area contributed by atoms with Gasteiger partial charge in [-0.2, -0.15) is 0 Å². The van der Waals surface area contributed by atoms with E-state index in [9.17, 15) is 9.59 Å². The molecular formula is C29H29Cl2N3O3. The van der Waals surface area contributed by atoms with E-state index in [4.69, 9.17) is 27.9 Å². The fourth-order valence-electron chi connectivity index (χ4n) is 5.01. The van der Waals surface area contributed by atoms with Crippen molar-refractivity contribution in [1.82, 2.24) is 10.2 Å². The third-order valence-electron chi connectivity index (χ3n) is 6.94. The number of halogens is 2. The molecule has 0 unspecified atom stereocenters. The Morgan fingerprint density at radius 2 is 1.65 bits per heavy atom. The van der Waals surface area contributed by atoms with Crippen LogP contribution in [0.1, 0.15) is 24.0 Å². The van der Waals surface area contributed by atoms with Crippen molar-refractivity contribution >= 4 is 40.7 Å². The molecule has 0 aromatic heterocycles. The number of amides is 2. The van der Waals surface area contributed by atoms with Crippen molar-refractivity contribution in [2.24, 2.45) is 5.92 Å². The van der Waals surface area contributed by atoms with Gasteiger partial charge >= 0.3 is 0 Å². The maximum absolute atomic E-state index is 13.9. The number of para-hydroxylation sites is 2. The number of nitrogens with zero attached hydrogens (tertiary/aromatic N) is 2. The number of anilines is 1. The number of likely N-dealkylation sites (tertiary alicyclic amines) is 1. The molecule has 1 N–H and O–H groups in total. The summed E-state index contributed by atoms with van der Waals surface area (Å²) < 4.78 is 6.03. The standard InChI is InChI=1S/C29H29Cl2N3O3/c30-23-11-6-12-24(31)22(23)18-33-15-7-10-21(17-33)29(36)34-19-27(37-26-14-5-4-13-25(26)34)28(35)32-16-20-8-2-1-3-9-20/h1-6,8-9,11-14,21,27H,7,10,15-19H2,(H,32,35)/t21-,27-/m0/s1. The van der Waals surface area contributed by atoms with E-state index >= 15 is 0 Å². The molecule has 0 radical (unpaired) electrons. The molecule has 6 nitrogen and oxygen atoms in total. The number of fused-ring (bicyclic) bond motifs is 1. The van der Waals surface area contributed by atoms with Crippen molar-refractivity contribution < 1.29 is 14.3 Å². The van der Waals surface area contributed by atoms with Crippen molar-refractivity contribution in [3.63, 3.8) is 0 Å². The first-order chi connectivity index (χ1) is 18.0. The van der Waals surface area contributed by atoms with E-state index < -0.39 is 6.10 Å². The molecule has 2 aliphatic rings. The number of ether oxygens (including phenoxy) is 1. The Balaban J connectivity index is 1.29. The predicted molar refractivity (Wildman–Crippen MR) is 146 cm³/mol. The number of carbonyl (C=O) groups is 2. The summed E-state index contributed by atoms with van der Waals surface area (Å²) in [7, 11) is 0. The average molecular weight is 538 g/mol. The fourth-order valence-corrected chi connectivity index (χ4v) is 5.52. The van der Waals surface area contributed by atoms with Crippen LogP contribution in [0.5, 0.6) is 5.75 Å². The van der Waals surface area contributed by atoms with Gasteiger partial charge in [0.15, 0.2) is 6.10 Å². The molecule has 0 spiro atoms. The molecule has 0 bridgehead atoms. The van der Waals surface area contributed by atoms with E-state index in [2.05, 4.69) is 10.2 Å². The SMILES string of the molecule is O=C(NCc1ccccc1)[C@@H]1CN(C(=O)[C@H]2CCCN(Cc3c(Cl)cccc3Cl)C2)c2ccccc2O1. The van der Waals surface area contributed by atoms with Crippen LogP contribution in [-0.2, 0) is 22.7 Å². The highest BCUT2D eigenvalue weighted by Crippen LogP contribution is 2.35. The van der Waals surface area contributed by atoms with Gasteiger partial charge in [-0.25, -0.2) is 0 Å². The van der Waals surface area contributed by atoms with Crippen LogP contribution in [0.2, 0.25) is 10.0 Å². The Morgan fingerprint density at radius 1 is 0.919 bits per heavy atom. The van der Waals surface area contributed by atoms with Crippen LogP contribution in [0.15, 0.2) is 72.8 Å². The highest BCUT2D eigenvalue weighted by molar-refractivity contribution is 6.35. The number of nitrogens with one attached hydrogen (secondary N) is 1. The Hall–Kier alpha value is -3.06. The molecule has 8 heteroatoms. The van der Waals surface area contributed by atoms with E-state index in [1.54, 1.807) is 11.0 Å². The highest BCUT2D eigenvalue weighted by atomic mass is 35.5. The van der Waals surface area contributed by atoms with Crippen molar-refractivity contribution in [3.8, 4) is 5.75 Å². The van der Waals surface area contributed by atoms with Crippen LogP contribution in [0, 0.1) is 5.92 Å². The Kier molecular flexibility index (Phi) is 7.99. The monoisotopic (exact) mass is 537 g/mol. The second-order valence-corrected chi connectivity index (χ2v) is 10.3. The highest BCUT2D eigenvalue weighted by Gasteiger charge is 2.37. The number of benzene rings is 3. The molecule has 192 valence electrons. The lowest BCUT2D eigenvalue weighted by atomic mass is 9.95. The maximum Gasteiger partial charge on any atom is 0.263 e. The van der Waals surface area contributed by atoms with Gasteiger partial charge in [0.2, 0.25) is 5.91 Å². The van der Waals surface area contributed by atoms with Crippen LogP contribution in [-0.4, -0.2) is 42.5 Å². The van der Waals surface area contributed by atoms with Gasteiger partial charge in [-0.15, -0.1) is 0 Å². The smallest absolute Gasteiger partial charge is 0.263 e. The first-order valence-corrected chi connectivity index (χ1v) is 13.3. The van der Waals surface area contributed by atoms with Crippen LogP contribution in [0.25, 0.3) is 0 Å². The first-order valence-electron chi connectivity index (χ1n) is 12.5. The van der Waals surface area contributed by atoms with E-state index in [-0.39, 0.29) is 24.3 Å². The predicted octanol–water partition coefficient (Wildman–Crippen LogP) is 5.32. The Bertz CT molecular complexity index is 1250. The summed E-state index contributed by atoms with van der Waals surface area (Å²) in [5, 5.41) is 4.21. The minimum atomic E-state index is -0.788. The first kappa shape index (κ1) is 25.6. The zero-order valence-corrected chi connectivity index (χ0v) is 21.9. The summed E-state index contributed by atoms with van der Waals surface area (Å²) in [6.45, 7) is 2.63. The molecule has 2 heterocycles.